The molecule has 120 valence electrons. The van der Waals surface area contributed by atoms with E-state index in [0.29, 0.717) is 16.3 Å². The van der Waals surface area contributed by atoms with Crippen LogP contribution < -0.4 is 0 Å². The van der Waals surface area contributed by atoms with Gasteiger partial charge in [-0.15, -0.1) is 11.8 Å². The first-order valence-electron chi connectivity index (χ1n) is 6.93. The van der Waals surface area contributed by atoms with Gasteiger partial charge in [-0.25, -0.2) is 4.79 Å². The molecule has 0 saturated carbocycles. The molecule has 2 aromatic rings. The summed E-state index contributed by atoms with van der Waals surface area (Å²) in [4.78, 5) is 13.1. The molecule has 0 spiro atoms. The SMILES string of the molecule is COC=C(C(=O)OC)c1ccccc1CSc1cccc(Cl)c1. The van der Waals surface area contributed by atoms with Gasteiger partial charge < -0.3 is 9.47 Å². The number of methoxy groups -OCH3 is 2. The number of halogens is 1. The molecule has 0 unspecified atom stereocenters. The third-order valence-corrected chi connectivity index (χ3v) is 4.42. The molecule has 0 N–H and O–H groups in total. The Kier molecular flexibility index (Phi) is 6.56. The summed E-state index contributed by atoms with van der Waals surface area (Å²) < 4.78 is 9.87. The lowest BCUT2D eigenvalue weighted by Gasteiger charge is -2.11. The van der Waals surface area contributed by atoms with Crippen molar-refractivity contribution in [3.63, 3.8) is 0 Å². The number of hydrogen-bond acceptors (Lipinski definition) is 4. The van der Waals surface area contributed by atoms with E-state index in [0.717, 1.165) is 16.0 Å². The number of benzene rings is 2. The van der Waals surface area contributed by atoms with E-state index in [1.54, 1.807) is 11.8 Å². The molecule has 0 aliphatic heterocycles. The van der Waals surface area contributed by atoms with Crippen LogP contribution in [0, 0.1) is 0 Å². The van der Waals surface area contributed by atoms with Gasteiger partial charge in [0.05, 0.1) is 20.5 Å². The molecule has 0 aromatic heterocycles. The number of carbonyl (C=O) groups excluding carboxylic acids is 1. The highest BCUT2D eigenvalue weighted by Gasteiger charge is 2.16. The molecule has 0 heterocycles. The number of ether oxygens (including phenoxy) is 2. The van der Waals surface area contributed by atoms with Gasteiger partial charge in [-0.1, -0.05) is 41.9 Å². The number of hydrogen-bond donors (Lipinski definition) is 0. The van der Waals surface area contributed by atoms with Gasteiger partial charge in [0.15, 0.2) is 0 Å². The number of thioether (sulfide) groups is 1. The van der Waals surface area contributed by atoms with Crippen molar-refractivity contribution in [1.29, 1.82) is 0 Å². The Balaban J connectivity index is 2.26. The molecular weight excluding hydrogens is 332 g/mol. The molecule has 0 aliphatic carbocycles. The van der Waals surface area contributed by atoms with Gasteiger partial charge in [0.25, 0.3) is 0 Å². The molecule has 0 radical (unpaired) electrons. The minimum absolute atomic E-state index is 0.400. The Labute approximate surface area is 145 Å². The summed E-state index contributed by atoms with van der Waals surface area (Å²) in [5.74, 6) is 0.279. The smallest absolute Gasteiger partial charge is 0.341 e. The Morgan fingerprint density at radius 1 is 1.17 bits per heavy atom. The van der Waals surface area contributed by atoms with Crippen molar-refractivity contribution in [1.82, 2.24) is 0 Å². The predicted octanol–water partition coefficient (Wildman–Crippen LogP) is 4.79. The summed E-state index contributed by atoms with van der Waals surface area (Å²) in [6.45, 7) is 0. The fourth-order valence-electron chi connectivity index (χ4n) is 2.08. The van der Waals surface area contributed by atoms with Crippen molar-refractivity contribution >= 4 is 34.9 Å². The van der Waals surface area contributed by atoms with Gasteiger partial charge in [0, 0.05) is 15.7 Å². The first kappa shape index (κ1) is 17.4. The van der Waals surface area contributed by atoms with Crippen LogP contribution in [0.25, 0.3) is 5.57 Å². The van der Waals surface area contributed by atoms with Crippen molar-refractivity contribution in [2.24, 2.45) is 0 Å². The normalized spacial score (nSPS) is 11.2. The molecule has 0 aliphatic rings. The van der Waals surface area contributed by atoms with Crippen molar-refractivity contribution in [3.05, 3.63) is 70.9 Å². The average Bonchev–Trinajstić information content (AvgIpc) is 2.58. The van der Waals surface area contributed by atoms with Crippen LogP contribution in [0.3, 0.4) is 0 Å². The van der Waals surface area contributed by atoms with E-state index < -0.39 is 5.97 Å². The molecule has 5 heteroatoms. The zero-order valence-corrected chi connectivity index (χ0v) is 14.5. The summed E-state index contributed by atoms with van der Waals surface area (Å²) in [7, 11) is 2.86. The Morgan fingerprint density at radius 3 is 2.65 bits per heavy atom. The first-order chi connectivity index (χ1) is 11.2. The van der Waals surface area contributed by atoms with E-state index in [1.165, 1.54) is 20.5 Å². The van der Waals surface area contributed by atoms with Crippen LogP contribution in [0.4, 0.5) is 0 Å². The fourth-order valence-corrected chi connectivity index (χ4v) is 3.29. The van der Waals surface area contributed by atoms with Crippen LogP contribution >= 0.6 is 23.4 Å². The van der Waals surface area contributed by atoms with Crippen molar-refractivity contribution < 1.29 is 14.3 Å². The van der Waals surface area contributed by atoms with Crippen LogP contribution in [-0.4, -0.2) is 20.2 Å². The Bertz CT molecular complexity index is 713. The predicted molar refractivity (Wildman–Crippen MR) is 94.5 cm³/mol. The molecule has 2 aromatic carbocycles. The lowest BCUT2D eigenvalue weighted by atomic mass is 10.0. The lowest BCUT2D eigenvalue weighted by Crippen LogP contribution is -2.06. The zero-order chi connectivity index (χ0) is 16.7. The minimum Gasteiger partial charge on any atom is -0.503 e. The summed E-state index contributed by atoms with van der Waals surface area (Å²) in [6, 6.07) is 15.4. The highest BCUT2D eigenvalue weighted by Crippen LogP contribution is 2.29. The van der Waals surface area contributed by atoms with Crippen LogP contribution in [0.15, 0.2) is 59.7 Å². The van der Waals surface area contributed by atoms with Crippen LogP contribution in [-0.2, 0) is 20.0 Å². The van der Waals surface area contributed by atoms with Crippen LogP contribution in [0.5, 0.6) is 0 Å². The molecule has 0 amide bonds. The van der Waals surface area contributed by atoms with E-state index in [-0.39, 0.29) is 0 Å². The van der Waals surface area contributed by atoms with Gasteiger partial charge in [0.1, 0.15) is 5.57 Å². The maximum absolute atomic E-state index is 12.0. The third kappa shape index (κ3) is 4.78. The molecule has 23 heavy (non-hydrogen) atoms. The number of esters is 1. The molecular formula is C18H17ClO3S. The van der Waals surface area contributed by atoms with Gasteiger partial charge in [-0.3, -0.25) is 0 Å². The van der Waals surface area contributed by atoms with Crippen molar-refractivity contribution in [2.75, 3.05) is 14.2 Å². The molecule has 0 bridgehead atoms. The highest BCUT2D eigenvalue weighted by molar-refractivity contribution is 7.98. The molecule has 2 rings (SSSR count). The van der Waals surface area contributed by atoms with E-state index in [2.05, 4.69) is 0 Å². The topological polar surface area (TPSA) is 35.5 Å². The second kappa shape index (κ2) is 8.65. The third-order valence-electron chi connectivity index (χ3n) is 3.14. The molecule has 0 fully saturated rings. The van der Waals surface area contributed by atoms with E-state index >= 15 is 0 Å². The number of rotatable bonds is 6. The monoisotopic (exact) mass is 348 g/mol. The van der Waals surface area contributed by atoms with Gasteiger partial charge in [-0.05, 0) is 29.3 Å². The molecule has 0 saturated heterocycles. The van der Waals surface area contributed by atoms with E-state index in [1.807, 2.05) is 48.5 Å². The summed E-state index contributed by atoms with van der Waals surface area (Å²) in [5.41, 5.74) is 2.22. The first-order valence-corrected chi connectivity index (χ1v) is 8.30. The quantitative estimate of drug-likeness (QED) is 0.325. The summed E-state index contributed by atoms with van der Waals surface area (Å²) in [5, 5.41) is 0.706. The maximum Gasteiger partial charge on any atom is 0.341 e. The molecule has 3 nitrogen and oxygen atoms in total. The average molecular weight is 349 g/mol. The Morgan fingerprint density at radius 2 is 1.96 bits per heavy atom. The van der Waals surface area contributed by atoms with Crippen molar-refractivity contribution in [2.45, 2.75) is 10.6 Å². The fraction of sp³-hybridized carbons (Fsp3) is 0.167. The lowest BCUT2D eigenvalue weighted by molar-refractivity contribution is -0.133. The number of carbonyl (C=O) groups is 1. The van der Waals surface area contributed by atoms with Gasteiger partial charge in [-0.2, -0.15) is 0 Å². The van der Waals surface area contributed by atoms with Crippen molar-refractivity contribution in [3.8, 4) is 0 Å². The Hall–Kier alpha value is -1.91. The second-order valence-electron chi connectivity index (χ2n) is 4.66. The maximum atomic E-state index is 12.0. The summed E-state index contributed by atoms with van der Waals surface area (Å²) in [6.07, 6.45) is 1.41. The minimum atomic E-state index is -0.424. The van der Waals surface area contributed by atoms with Crippen LogP contribution in [0.1, 0.15) is 11.1 Å². The standard InChI is InChI=1S/C18H17ClO3S/c1-21-11-17(18(20)22-2)16-9-4-3-6-13(16)12-23-15-8-5-7-14(19)10-15/h3-11H,12H2,1-2H3. The van der Waals surface area contributed by atoms with E-state index in [4.69, 9.17) is 21.1 Å². The highest BCUT2D eigenvalue weighted by atomic mass is 35.5. The molecule has 0 atom stereocenters. The second-order valence-corrected chi connectivity index (χ2v) is 6.15. The van der Waals surface area contributed by atoms with E-state index in [9.17, 15) is 4.79 Å². The van der Waals surface area contributed by atoms with Gasteiger partial charge >= 0.3 is 5.97 Å². The van der Waals surface area contributed by atoms with Crippen LogP contribution in [0.2, 0.25) is 5.02 Å². The largest absolute Gasteiger partial charge is 0.503 e. The summed E-state index contributed by atoms with van der Waals surface area (Å²) >= 11 is 7.66. The zero-order valence-electron chi connectivity index (χ0n) is 12.9. The van der Waals surface area contributed by atoms with Gasteiger partial charge in [0.2, 0.25) is 0 Å².